The van der Waals surface area contributed by atoms with Crippen LogP contribution in [0.15, 0.2) is 22.6 Å². The van der Waals surface area contributed by atoms with Crippen molar-refractivity contribution in [2.24, 2.45) is 0 Å². The molecule has 1 aromatic carbocycles. The lowest BCUT2D eigenvalue weighted by molar-refractivity contribution is 0.500. The highest BCUT2D eigenvalue weighted by Gasteiger charge is 2.11. The van der Waals surface area contributed by atoms with Gasteiger partial charge in [-0.2, -0.15) is 0 Å². The van der Waals surface area contributed by atoms with Gasteiger partial charge < -0.3 is 9.73 Å². The average molecular weight is 252 g/mol. The molecule has 0 aliphatic rings. The summed E-state index contributed by atoms with van der Waals surface area (Å²) in [5, 5.41) is 11.8. The summed E-state index contributed by atoms with van der Waals surface area (Å²) in [7, 11) is 1.89. The van der Waals surface area contributed by atoms with E-state index in [1.807, 2.05) is 32.2 Å². The highest BCUT2D eigenvalue weighted by Crippen LogP contribution is 2.27. The van der Waals surface area contributed by atoms with E-state index in [2.05, 4.69) is 15.5 Å². The second-order valence-electron chi connectivity index (χ2n) is 3.77. The molecule has 0 unspecified atom stereocenters. The van der Waals surface area contributed by atoms with E-state index in [4.69, 9.17) is 16.0 Å². The topological polar surface area (TPSA) is 51.0 Å². The molecule has 0 radical (unpaired) electrons. The van der Waals surface area contributed by atoms with Gasteiger partial charge in [0.05, 0.1) is 0 Å². The predicted octanol–water partition coefficient (Wildman–Crippen LogP) is 2.46. The third-order valence-corrected chi connectivity index (χ3v) is 2.96. The molecule has 4 nitrogen and oxygen atoms in total. The third kappa shape index (κ3) is 2.65. The zero-order valence-electron chi connectivity index (χ0n) is 9.83. The molecule has 5 heteroatoms. The Morgan fingerprint density at radius 2 is 2.18 bits per heavy atom. The maximum atomic E-state index is 6.05. The molecule has 2 rings (SSSR count). The number of halogens is 1. The fourth-order valence-corrected chi connectivity index (χ4v) is 1.71. The molecule has 0 fully saturated rings. The predicted molar refractivity (Wildman–Crippen MR) is 67.1 cm³/mol. The van der Waals surface area contributed by atoms with Crippen molar-refractivity contribution in [2.45, 2.75) is 13.3 Å². The van der Waals surface area contributed by atoms with Crippen LogP contribution in [0, 0.1) is 6.92 Å². The zero-order chi connectivity index (χ0) is 12.3. The van der Waals surface area contributed by atoms with Crippen LogP contribution in [-0.4, -0.2) is 23.8 Å². The lowest BCUT2D eigenvalue weighted by Crippen LogP contribution is -2.10. The Balaban J connectivity index is 2.27. The van der Waals surface area contributed by atoms with Crippen LogP contribution in [0.25, 0.3) is 11.5 Å². The summed E-state index contributed by atoms with van der Waals surface area (Å²) < 4.78 is 5.59. The number of aromatic nitrogens is 2. The van der Waals surface area contributed by atoms with Crippen molar-refractivity contribution in [1.82, 2.24) is 15.5 Å². The van der Waals surface area contributed by atoms with E-state index < -0.39 is 0 Å². The SMILES string of the molecule is CNCCc1nnc(-c2cccc(Cl)c2C)o1. The molecule has 0 aliphatic carbocycles. The Kier molecular flexibility index (Phi) is 3.76. The molecule has 0 saturated heterocycles. The van der Waals surface area contributed by atoms with Gasteiger partial charge in [0.25, 0.3) is 0 Å². The van der Waals surface area contributed by atoms with Gasteiger partial charge >= 0.3 is 0 Å². The van der Waals surface area contributed by atoms with Crippen LogP contribution in [0.3, 0.4) is 0 Å². The van der Waals surface area contributed by atoms with Gasteiger partial charge in [0.15, 0.2) is 0 Å². The number of nitrogens with zero attached hydrogens (tertiary/aromatic N) is 2. The fourth-order valence-electron chi connectivity index (χ4n) is 1.53. The number of benzene rings is 1. The molecule has 0 amide bonds. The van der Waals surface area contributed by atoms with E-state index in [1.165, 1.54) is 0 Å². The van der Waals surface area contributed by atoms with Crippen molar-refractivity contribution >= 4 is 11.6 Å². The van der Waals surface area contributed by atoms with Crippen molar-refractivity contribution < 1.29 is 4.42 Å². The number of hydrogen-bond acceptors (Lipinski definition) is 4. The van der Waals surface area contributed by atoms with Gasteiger partial charge in [-0.3, -0.25) is 0 Å². The van der Waals surface area contributed by atoms with E-state index in [-0.39, 0.29) is 0 Å². The highest BCUT2D eigenvalue weighted by atomic mass is 35.5. The smallest absolute Gasteiger partial charge is 0.248 e. The molecule has 1 heterocycles. The van der Waals surface area contributed by atoms with Crippen LogP contribution in [0.1, 0.15) is 11.5 Å². The summed E-state index contributed by atoms with van der Waals surface area (Å²) in [4.78, 5) is 0. The fraction of sp³-hybridized carbons (Fsp3) is 0.333. The first-order valence-electron chi connectivity index (χ1n) is 5.45. The maximum absolute atomic E-state index is 6.05. The van der Waals surface area contributed by atoms with Crippen LogP contribution in [-0.2, 0) is 6.42 Å². The average Bonchev–Trinajstić information content (AvgIpc) is 2.78. The van der Waals surface area contributed by atoms with Gasteiger partial charge in [-0.05, 0) is 31.7 Å². The van der Waals surface area contributed by atoms with E-state index in [9.17, 15) is 0 Å². The lowest BCUT2D eigenvalue weighted by atomic mass is 10.1. The molecule has 1 aromatic heterocycles. The van der Waals surface area contributed by atoms with Crippen LogP contribution >= 0.6 is 11.6 Å². The number of rotatable bonds is 4. The van der Waals surface area contributed by atoms with Gasteiger partial charge in [0, 0.05) is 23.6 Å². The molecular formula is C12H14ClN3O. The van der Waals surface area contributed by atoms with Gasteiger partial charge in [0.1, 0.15) is 0 Å². The minimum absolute atomic E-state index is 0.524. The van der Waals surface area contributed by atoms with Crippen LogP contribution in [0.5, 0.6) is 0 Å². The number of hydrogen-bond donors (Lipinski definition) is 1. The van der Waals surface area contributed by atoms with E-state index in [1.54, 1.807) is 0 Å². The Morgan fingerprint density at radius 1 is 1.35 bits per heavy atom. The molecular weight excluding hydrogens is 238 g/mol. The molecule has 0 bridgehead atoms. The molecule has 0 saturated carbocycles. The standard InChI is InChI=1S/C12H14ClN3O/c1-8-9(4-3-5-10(8)13)12-16-15-11(17-12)6-7-14-2/h3-5,14H,6-7H2,1-2H3. The van der Waals surface area contributed by atoms with Gasteiger partial charge in [-0.25, -0.2) is 0 Å². The van der Waals surface area contributed by atoms with Crippen LogP contribution in [0.2, 0.25) is 5.02 Å². The molecule has 0 aliphatic heterocycles. The zero-order valence-corrected chi connectivity index (χ0v) is 10.6. The molecule has 2 aromatic rings. The Labute approximate surface area is 105 Å². The monoisotopic (exact) mass is 251 g/mol. The largest absolute Gasteiger partial charge is 0.421 e. The molecule has 17 heavy (non-hydrogen) atoms. The molecule has 0 spiro atoms. The maximum Gasteiger partial charge on any atom is 0.248 e. The second kappa shape index (κ2) is 5.29. The van der Waals surface area contributed by atoms with Crippen molar-refractivity contribution in [3.05, 3.63) is 34.7 Å². The minimum Gasteiger partial charge on any atom is -0.421 e. The lowest BCUT2D eigenvalue weighted by Gasteiger charge is -2.02. The van der Waals surface area contributed by atoms with Gasteiger partial charge in [0.2, 0.25) is 11.8 Å². The molecule has 1 N–H and O–H groups in total. The Morgan fingerprint density at radius 3 is 2.94 bits per heavy atom. The second-order valence-corrected chi connectivity index (χ2v) is 4.17. The van der Waals surface area contributed by atoms with Gasteiger partial charge in [-0.1, -0.05) is 17.7 Å². The van der Waals surface area contributed by atoms with Crippen molar-refractivity contribution in [3.63, 3.8) is 0 Å². The normalized spacial score (nSPS) is 10.8. The van der Waals surface area contributed by atoms with Crippen molar-refractivity contribution in [1.29, 1.82) is 0 Å². The molecule has 0 atom stereocenters. The van der Waals surface area contributed by atoms with E-state index in [0.717, 1.165) is 24.1 Å². The van der Waals surface area contributed by atoms with Crippen LogP contribution in [0.4, 0.5) is 0 Å². The summed E-state index contributed by atoms with van der Waals surface area (Å²) in [6, 6.07) is 5.65. The van der Waals surface area contributed by atoms with Crippen LogP contribution < -0.4 is 5.32 Å². The van der Waals surface area contributed by atoms with Gasteiger partial charge in [-0.15, -0.1) is 10.2 Å². The summed E-state index contributed by atoms with van der Waals surface area (Å²) in [6.45, 7) is 2.76. The van der Waals surface area contributed by atoms with E-state index in [0.29, 0.717) is 16.8 Å². The summed E-state index contributed by atoms with van der Waals surface area (Å²) in [5.74, 6) is 1.16. The first kappa shape index (κ1) is 12.1. The minimum atomic E-state index is 0.524. The number of likely N-dealkylation sites (N-methyl/N-ethyl adjacent to an activating group) is 1. The quantitative estimate of drug-likeness (QED) is 0.907. The summed E-state index contributed by atoms with van der Waals surface area (Å²) >= 11 is 6.05. The summed E-state index contributed by atoms with van der Waals surface area (Å²) in [6.07, 6.45) is 0.725. The van der Waals surface area contributed by atoms with Crippen molar-refractivity contribution in [3.8, 4) is 11.5 Å². The summed E-state index contributed by atoms with van der Waals surface area (Å²) in [5.41, 5.74) is 1.85. The number of nitrogens with one attached hydrogen (secondary N) is 1. The van der Waals surface area contributed by atoms with E-state index >= 15 is 0 Å². The van der Waals surface area contributed by atoms with Crippen molar-refractivity contribution in [2.75, 3.05) is 13.6 Å². The highest BCUT2D eigenvalue weighted by molar-refractivity contribution is 6.31. The Bertz CT molecular complexity index is 510. The first-order chi connectivity index (χ1) is 8.22. The first-order valence-corrected chi connectivity index (χ1v) is 5.82. The molecule has 90 valence electrons. The third-order valence-electron chi connectivity index (χ3n) is 2.55. The Hall–Kier alpha value is -1.39.